The monoisotopic (exact) mass is 340 g/mol. The lowest BCUT2D eigenvalue weighted by Gasteiger charge is -2.21. The van der Waals surface area contributed by atoms with Gasteiger partial charge in [-0.05, 0) is 24.1 Å². The Morgan fingerprint density at radius 3 is 1.95 bits per heavy atom. The number of hydrogen-bond acceptors (Lipinski definition) is 3. The van der Waals surface area contributed by atoms with Gasteiger partial charge in [0.2, 0.25) is 10.0 Å². The maximum absolute atomic E-state index is 12.6. The Morgan fingerprint density at radius 2 is 1.41 bits per heavy atom. The van der Waals surface area contributed by atoms with Gasteiger partial charge < -0.3 is 5.73 Å². The molecule has 0 atom stereocenters. The van der Waals surface area contributed by atoms with Gasteiger partial charge in [0.05, 0.1) is 4.90 Å². The predicted octanol–water partition coefficient (Wildman–Crippen LogP) is 2.30. The van der Waals surface area contributed by atoms with Crippen LogP contribution in [0, 0.1) is 0 Å². The van der Waals surface area contributed by atoms with Crippen molar-refractivity contribution in [3.05, 3.63) is 66.2 Å². The van der Waals surface area contributed by atoms with E-state index in [-0.39, 0.29) is 12.4 Å². The van der Waals surface area contributed by atoms with Gasteiger partial charge in [0.1, 0.15) is 0 Å². The molecule has 22 heavy (non-hydrogen) atoms. The molecule has 0 unspecified atom stereocenters. The maximum atomic E-state index is 12.6. The van der Waals surface area contributed by atoms with E-state index in [0.29, 0.717) is 31.0 Å². The number of sulfonamides is 1. The molecule has 6 heteroatoms. The largest absolute Gasteiger partial charge is 0.329 e. The minimum atomic E-state index is -3.48. The standard InChI is InChI=1S/C16H20N2O2S.ClH/c17-12-14-18(13-11-15-7-3-1-4-8-15)21(19,20)16-9-5-2-6-10-16;/h1-10H,11-14,17H2;1H. The summed E-state index contributed by atoms with van der Waals surface area (Å²) in [5.41, 5.74) is 6.68. The number of benzene rings is 2. The van der Waals surface area contributed by atoms with E-state index in [4.69, 9.17) is 5.73 Å². The fraction of sp³-hybridized carbons (Fsp3) is 0.250. The van der Waals surface area contributed by atoms with Gasteiger partial charge in [0.15, 0.2) is 0 Å². The molecule has 120 valence electrons. The average molecular weight is 341 g/mol. The summed E-state index contributed by atoms with van der Waals surface area (Å²) >= 11 is 0. The number of nitrogens with two attached hydrogens (primary N) is 1. The third-order valence-electron chi connectivity index (χ3n) is 3.25. The summed E-state index contributed by atoms with van der Waals surface area (Å²) in [6.45, 7) is 1.06. The van der Waals surface area contributed by atoms with E-state index in [1.54, 1.807) is 30.3 Å². The zero-order valence-corrected chi connectivity index (χ0v) is 13.9. The lowest BCUT2D eigenvalue weighted by atomic mass is 10.1. The van der Waals surface area contributed by atoms with E-state index in [1.807, 2.05) is 30.3 Å². The third kappa shape index (κ3) is 4.81. The second-order valence-electron chi connectivity index (χ2n) is 4.74. The number of rotatable bonds is 7. The molecule has 0 saturated carbocycles. The number of hydrogen-bond donors (Lipinski definition) is 1. The minimum absolute atomic E-state index is 0. The van der Waals surface area contributed by atoms with Gasteiger partial charge in [0.25, 0.3) is 0 Å². The highest BCUT2D eigenvalue weighted by molar-refractivity contribution is 7.89. The summed E-state index contributed by atoms with van der Waals surface area (Å²) < 4.78 is 26.7. The summed E-state index contributed by atoms with van der Waals surface area (Å²) in [6.07, 6.45) is 0.674. The SMILES string of the molecule is Cl.NCCN(CCc1ccccc1)S(=O)(=O)c1ccccc1. The van der Waals surface area contributed by atoms with Crippen LogP contribution in [0.1, 0.15) is 5.56 Å². The zero-order chi connectivity index (χ0) is 15.1. The fourth-order valence-electron chi connectivity index (χ4n) is 2.14. The second kappa shape index (κ2) is 8.90. The Kier molecular flexibility index (Phi) is 7.55. The molecule has 2 aromatic rings. The van der Waals surface area contributed by atoms with Crippen molar-refractivity contribution >= 4 is 22.4 Å². The second-order valence-corrected chi connectivity index (χ2v) is 6.68. The van der Waals surface area contributed by atoms with E-state index in [9.17, 15) is 8.42 Å². The molecular weight excluding hydrogens is 320 g/mol. The molecule has 0 heterocycles. The van der Waals surface area contributed by atoms with Crippen LogP contribution in [0.25, 0.3) is 0 Å². The number of halogens is 1. The molecule has 2 rings (SSSR count). The van der Waals surface area contributed by atoms with Gasteiger partial charge in [-0.25, -0.2) is 8.42 Å². The molecule has 4 nitrogen and oxygen atoms in total. The van der Waals surface area contributed by atoms with Crippen LogP contribution < -0.4 is 5.73 Å². The fourth-order valence-corrected chi connectivity index (χ4v) is 3.61. The molecule has 0 radical (unpaired) electrons. The Balaban J connectivity index is 0.00000242. The van der Waals surface area contributed by atoms with Crippen molar-refractivity contribution in [2.24, 2.45) is 5.73 Å². The molecule has 2 aromatic carbocycles. The summed E-state index contributed by atoms with van der Waals surface area (Å²) in [6, 6.07) is 18.3. The van der Waals surface area contributed by atoms with Crippen molar-refractivity contribution in [2.45, 2.75) is 11.3 Å². The highest BCUT2D eigenvalue weighted by Crippen LogP contribution is 2.15. The third-order valence-corrected chi connectivity index (χ3v) is 5.17. The van der Waals surface area contributed by atoms with Crippen molar-refractivity contribution < 1.29 is 8.42 Å². The molecule has 0 aromatic heterocycles. The Morgan fingerprint density at radius 1 is 0.864 bits per heavy atom. The Hall–Kier alpha value is -1.40. The highest BCUT2D eigenvalue weighted by Gasteiger charge is 2.23. The number of nitrogens with zero attached hydrogens (tertiary/aromatic N) is 1. The molecule has 2 N–H and O–H groups in total. The summed E-state index contributed by atoms with van der Waals surface area (Å²) in [4.78, 5) is 0.312. The van der Waals surface area contributed by atoms with Gasteiger partial charge in [0, 0.05) is 19.6 Å². The van der Waals surface area contributed by atoms with E-state index in [1.165, 1.54) is 4.31 Å². The smallest absolute Gasteiger partial charge is 0.243 e. The van der Waals surface area contributed by atoms with Gasteiger partial charge in [-0.2, -0.15) is 4.31 Å². The van der Waals surface area contributed by atoms with Crippen LogP contribution in [-0.4, -0.2) is 32.4 Å². The van der Waals surface area contributed by atoms with E-state index < -0.39 is 10.0 Å². The molecule has 0 bridgehead atoms. The predicted molar refractivity (Wildman–Crippen MR) is 91.6 cm³/mol. The summed E-state index contributed by atoms with van der Waals surface area (Å²) in [5, 5.41) is 0. The van der Waals surface area contributed by atoms with Gasteiger partial charge in [-0.3, -0.25) is 0 Å². The van der Waals surface area contributed by atoms with Crippen LogP contribution in [0.4, 0.5) is 0 Å². The normalized spacial score (nSPS) is 11.2. The first kappa shape index (κ1) is 18.6. The molecular formula is C16H21ClN2O2S. The topological polar surface area (TPSA) is 63.4 Å². The quantitative estimate of drug-likeness (QED) is 0.841. The van der Waals surface area contributed by atoms with Crippen molar-refractivity contribution in [3.8, 4) is 0 Å². The van der Waals surface area contributed by atoms with Crippen LogP contribution in [-0.2, 0) is 16.4 Å². The first-order chi connectivity index (χ1) is 10.1. The lowest BCUT2D eigenvalue weighted by Crippen LogP contribution is -2.36. The average Bonchev–Trinajstić information content (AvgIpc) is 2.53. The Labute approximate surface area is 138 Å². The molecule has 0 aliphatic heterocycles. The van der Waals surface area contributed by atoms with Crippen LogP contribution in [0.5, 0.6) is 0 Å². The Bertz CT molecular complexity index is 648. The molecule has 0 amide bonds. The molecule has 0 spiro atoms. The summed E-state index contributed by atoms with van der Waals surface area (Å²) in [7, 11) is -3.48. The van der Waals surface area contributed by atoms with Crippen LogP contribution >= 0.6 is 12.4 Å². The van der Waals surface area contributed by atoms with Crippen LogP contribution in [0.2, 0.25) is 0 Å². The van der Waals surface area contributed by atoms with Crippen molar-refractivity contribution in [1.29, 1.82) is 0 Å². The van der Waals surface area contributed by atoms with E-state index >= 15 is 0 Å². The molecule has 0 fully saturated rings. The molecule has 0 aliphatic carbocycles. The minimum Gasteiger partial charge on any atom is -0.329 e. The maximum Gasteiger partial charge on any atom is 0.243 e. The highest BCUT2D eigenvalue weighted by atomic mass is 35.5. The van der Waals surface area contributed by atoms with Crippen LogP contribution in [0.3, 0.4) is 0 Å². The van der Waals surface area contributed by atoms with Crippen molar-refractivity contribution in [3.63, 3.8) is 0 Å². The van der Waals surface area contributed by atoms with Gasteiger partial charge >= 0.3 is 0 Å². The zero-order valence-electron chi connectivity index (χ0n) is 12.3. The lowest BCUT2D eigenvalue weighted by molar-refractivity contribution is 0.421. The van der Waals surface area contributed by atoms with Crippen molar-refractivity contribution in [2.75, 3.05) is 19.6 Å². The van der Waals surface area contributed by atoms with Gasteiger partial charge in [-0.1, -0.05) is 48.5 Å². The summed E-state index contributed by atoms with van der Waals surface area (Å²) in [5.74, 6) is 0. The van der Waals surface area contributed by atoms with Gasteiger partial charge in [-0.15, -0.1) is 12.4 Å². The first-order valence-corrected chi connectivity index (χ1v) is 8.38. The molecule has 0 aliphatic rings. The van der Waals surface area contributed by atoms with E-state index in [2.05, 4.69) is 0 Å². The van der Waals surface area contributed by atoms with Crippen molar-refractivity contribution in [1.82, 2.24) is 4.31 Å². The van der Waals surface area contributed by atoms with Crippen LogP contribution in [0.15, 0.2) is 65.6 Å². The van der Waals surface area contributed by atoms with E-state index in [0.717, 1.165) is 5.56 Å². The molecule has 0 saturated heterocycles. The first-order valence-electron chi connectivity index (χ1n) is 6.94.